The molecule has 0 radical (unpaired) electrons. The largest absolute Gasteiger partial charge is 0.508 e. The highest BCUT2D eigenvalue weighted by Crippen LogP contribution is 2.56. The quantitative estimate of drug-likeness (QED) is 0.592. The van der Waals surface area contributed by atoms with Crippen LogP contribution in [0, 0.1) is 6.92 Å². The molecular weight excluding hydrogens is 162 g/mol. The minimum Gasteiger partial charge on any atom is -0.508 e. The van der Waals surface area contributed by atoms with Crippen molar-refractivity contribution >= 4 is 5.69 Å². The lowest BCUT2D eigenvalue weighted by Crippen LogP contribution is -2.09. The number of phenols is 1. The van der Waals surface area contributed by atoms with Gasteiger partial charge in [-0.15, -0.1) is 0 Å². The van der Waals surface area contributed by atoms with Gasteiger partial charge in [0, 0.05) is 17.6 Å². The van der Waals surface area contributed by atoms with Crippen LogP contribution < -0.4 is 5.32 Å². The van der Waals surface area contributed by atoms with E-state index in [9.17, 15) is 5.11 Å². The minimum atomic E-state index is 0.387. The molecule has 13 heavy (non-hydrogen) atoms. The maximum absolute atomic E-state index is 9.62. The lowest BCUT2D eigenvalue weighted by molar-refractivity contribution is 0.469. The Morgan fingerprint density at radius 3 is 2.85 bits per heavy atom. The van der Waals surface area contributed by atoms with Gasteiger partial charge in [-0.25, -0.2) is 0 Å². The molecule has 1 saturated carbocycles. The summed E-state index contributed by atoms with van der Waals surface area (Å²) in [7, 11) is 0. The van der Waals surface area contributed by atoms with Crippen LogP contribution in [0.15, 0.2) is 12.1 Å². The molecular formula is C11H13NO. The van der Waals surface area contributed by atoms with E-state index in [0.29, 0.717) is 11.2 Å². The van der Waals surface area contributed by atoms with Crippen LogP contribution in [0.4, 0.5) is 5.69 Å². The first kappa shape index (κ1) is 7.25. The predicted molar refractivity (Wildman–Crippen MR) is 52.2 cm³/mol. The fourth-order valence-corrected chi connectivity index (χ4v) is 2.46. The molecule has 2 N–H and O–H groups in total. The number of phenolic OH excluding ortho intramolecular Hbond substituents is 1. The van der Waals surface area contributed by atoms with Crippen molar-refractivity contribution in [1.82, 2.24) is 0 Å². The number of hydrogen-bond acceptors (Lipinski definition) is 2. The van der Waals surface area contributed by atoms with Crippen molar-refractivity contribution in [2.45, 2.75) is 25.2 Å². The van der Waals surface area contributed by atoms with Crippen LogP contribution in [0.5, 0.6) is 5.75 Å². The Hall–Kier alpha value is -1.18. The van der Waals surface area contributed by atoms with E-state index in [1.54, 1.807) is 6.07 Å². The molecule has 1 aromatic carbocycles. The molecule has 1 aliphatic carbocycles. The van der Waals surface area contributed by atoms with E-state index in [-0.39, 0.29) is 0 Å². The van der Waals surface area contributed by atoms with Crippen molar-refractivity contribution in [3.05, 3.63) is 23.3 Å². The summed E-state index contributed by atoms with van der Waals surface area (Å²) in [4.78, 5) is 0. The number of aromatic hydroxyl groups is 1. The second-order valence-corrected chi connectivity index (χ2v) is 4.27. The van der Waals surface area contributed by atoms with Crippen molar-refractivity contribution < 1.29 is 5.11 Å². The summed E-state index contributed by atoms with van der Waals surface area (Å²) in [5.74, 6) is 0.439. The average molecular weight is 175 g/mol. The van der Waals surface area contributed by atoms with Crippen LogP contribution in [-0.4, -0.2) is 11.7 Å². The second-order valence-electron chi connectivity index (χ2n) is 4.27. The fraction of sp³-hybridized carbons (Fsp3) is 0.455. The molecule has 0 bridgehead atoms. The summed E-state index contributed by atoms with van der Waals surface area (Å²) < 4.78 is 0. The molecule has 0 unspecified atom stereocenters. The molecule has 2 heteroatoms. The number of nitrogens with one attached hydrogen (secondary N) is 1. The molecule has 1 aliphatic heterocycles. The maximum Gasteiger partial charge on any atom is 0.118 e. The highest BCUT2D eigenvalue weighted by atomic mass is 16.3. The zero-order valence-electron chi connectivity index (χ0n) is 7.72. The van der Waals surface area contributed by atoms with Crippen molar-refractivity contribution in [3.63, 3.8) is 0 Å². The molecule has 68 valence electrons. The first-order valence-corrected chi connectivity index (χ1v) is 4.80. The van der Waals surface area contributed by atoms with Crippen molar-refractivity contribution in [1.29, 1.82) is 0 Å². The van der Waals surface area contributed by atoms with E-state index < -0.39 is 0 Å². The number of benzene rings is 1. The van der Waals surface area contributed by atoms with Crippen molar-refractivity contribution in [2.75, 3.05) is 11.9 Å². The van der Waals surface area contributed by atoms with Crippen LogP contribution >= 0.6 is 0 Å². The van der Waals surface area contributed by atoms with Gasteiger partial charge in [0.15, 0.2) is 0 Å². The number of hydrogen-bond donors (Lipinski definition) is 2. The lowest BCUT2D eigenvalue weighted by Gasteiger charge is -2.10. The van der Waals surface area contributed by atoms with E-state index in [0.717, 1.165) is 12.1 Å². The molecule has 1 spiro atoms. The highest BCUT2D eigenvalue weighted by Gasteiger charge is 2.50. The third kappa shape index (κ3) is 0.781. The van der Waals surface area contributed by atoms with E-state index in [1.807, 2.05) is 13.0 Å². The van der Waals surface area contributed by atoms with E-state index >= 15 is 0 Å². The molecule has 1 aromatic rings. The summed E-state index contributed by atoms with van der Waals surface area (Å²) in [5, 5.41) is 13.0. The molecule has 0 saturated heterocycles. The normalized spacial score (nSPS) is 21.3. The first-order chi connectivity index (χ1) is 6.23. The molecule has 0 aromatic heterocycles. The Morgan fingerprint density at radius 2 is 2.15 bits per heavy atom. The fourth-order valence-electron chi connectivity index (χ4n) is 2.46. The molecule has 2 aliphatic rings. The smallest absolute Gasteiger partial charge is 0.118 e. The monoisotopic (exact) mass is 175 g/mol. The summed E-state index contributed by atoms with van der Waals surface area (Å²) in [6.45, 7) is 3.08. The Bertz CT molecular complexity index is 380. The Morgan fingerprint density at radius 1 is 1.38 bits per heavy atom. The van der Waals surface area contributed by atoms with Crippen LogP contribution in [0.25, 0.3) is 0 Å². The van der Waals surface area contributed by atoms with Gasteiger partial charge in [-0.3, -0.25) is 0 Å². The molecule has 0 amide bonds. The summed E-state index contributed by atoms with van der Waals surface area (Å²) in [6, 6.07) is 3.77. The SMILES string of the molecule is Cc1c(O)ccc2c1C1(CC1)CN2. The van der Waals surface area contributed by atoms with Gasteiger partial charge in [-0.05, 0) is 43.0 Å². The molecule has 2 nitrogen and oxygen atoms in total. The summed E-state index contributed by atoms with van der Waals surface area (Å²) in [5.41, 5.74) is 4.05. The second kappa shape index (κ2) is 2.00. The van der Waals surface area contributed by atoms with Crippen LogP contribution in [-0.2, 0) is 5.41 Å². The van der Waals surface area contributed by atoms with Gasteiger partial charge >= 0.3 is 0 Å². The van der Waals surface area contributed by atoms with Crippen molar-refractivity contribution in [2.24, 2.45) is 0 Å². The van der Waals surface area contributed by atoms with Gasteiger partial charge < -0.3 is 10.4 Å². The van der Waals surface area contributed by atoms with E-state index in [2.05, 4.69) is 5.32 Å². The highest BCUT2D eigenvalue weighted by molar-refractivity contribution is 5.68. The van der Waals surface area contributed by atoms with Gasteiger partial charge in [-0.1, -0.05) is 0 Å². The van der Waals surface area contributed by atoms with Gasteiger partial charge in [0.2, 0.25) is 0 Å². The van der Waals surface area contributed by atoms with E-state index in [4.69, 9.17) is 0 Å². The van der Waals surface area contributed by atoms with Gasteiger partial charge in [-0.2, -0.15) is 0 Å². The molecule has 1 fully saturated rings. The van der Waals surface area contributed by atoms with Gasteiger partial charge in [0.25, 0.3) is 0 Å². The summed E-state index contributed by atoms with van der Waals surface area (Å²) in [6.07, 6.45) is 2.55. The number of anilines is 1. The Balaban J connectivity index is 2.27. The topological polar surface area (TPSA) is 32.3 Å². The average Bonchev–Trinajstić information content (AvgIpc) is 2.77. The van der Waals surface area contributed by atoms with Crippen molar-refractivity contribution in [3.8, 4) is 5.75 Å². The standard InChI is InChI=1S/C11H13NO/c1-7-9(13)3-2-8-10(7)11(4-5-11)6-12-8/h2-3,12-13H,4-6H2,1H3. The van der Waals surface area contributed by atoms with Gasteiger partial charge in [0.1, 0.15) is 5.75 Å². The Kier molecular flexibility index (Phi) is 1.12. The first-order valence-electron chi connectivity index (χ1n) is 4.80. The zero-order chi connectivity index (χ0) is 9.05. The zero-order valence-corrected chi connectivity index (χ0v) is 7.72. The predicted octanol–water partition coefficient (Wildman–Crippen LogP) is 2.16. The third-order valence-corrected chi connectivity index (χ3v) is 3.44. The van der Waals surface area contributed by atoms with Crippen LogP contribution in [0.3, 0.4) is 0 Å². The Labute approximate surface area is 77.6 Å². The van der Waals surface area contributed by atoms with E-state index in [1.165, 1.54) is 24.1 Å². The lowest BCUT2D eigenvalue weighted by atomic mass is 9.93. The molecule has 3 rings (SSSR count). The number of fused-ring (bicyclic) bond motifs is 2. The van der Waals surface area contributed by atoms with Gasteiger partial charge in [0.05, 0.1) is 0 Å². The summed E-state index contributed by atoms with van der Waals surface area (Å²) >= 11 is 0. The molecule has 1 heterocycles. The number of rotatable bonds is 0. The minimum absolute atomic E-state index is 0.387. The third-order valence-electron chi connectivity index (χ3n) is 3.44. The maximum atomic E-state index is 9.62. The molecule has 0 atom stereocenters. The van der Waals surface area contributed by atoms with Crippen LogP contribution in [0.1, 0.15) is 24.0 Å². The van der Waals surface area contributed by atoms with Crippen LogP contribution in [0.2, 0.25) is 0 Å².